The molecule has 0 bridgehead atoms. The zero-order valence-electron chi connectivity index (χ0n) is 19.5. The molecule has 176 valence electrons. The van der Waals surface area contributed by atoms with Gasteiger partial charge in [0.2, 0.25) is 0 Å². The summed E-state index contributed by atoms with van der Waals surface area (Å²) in [5.74, 6) is 3.70. The lowest BCUT2D eigenvalue weighted by Crippen LogP contribution is -2.28. The van der Waals surface area contributed by atoms with E-state index in [1.807, 2.05) is 30.3 Å². The minimum atomic E-state index is 0.0405. The Balaban J connectivity index is 1.40. The largest absolute Gasteiger partial charge is 0.496 e. The zero-order chi connectivity index (χ0) is 23.3. The molecule has 0 amide bonds. The monoisotopic (exact) mass is 459 g/mol. The topological polar surface area (TPSA) is 58.2 Å². The van der Waals surface area contributed by atoms with Crippen LogP contribution >= 0.6 is 0 Å². The summed E-state index contributed by atoms with van der Waals surface area (Å²) in [6, 6.07) is 18.2. The van der Waals surface area contributed by atoms with Gasteiger partial charge in [-0.3, -0.25) is 0 Å². The number of ether oxygens (including phenoxy) is 5. The van der Waals surface area contributed by atoms with Crippen molar-refractivity contribution in [2.75, 3.05) is 34.0 Å². The minimum Gasteiger partial charge on any atom is -0.496 e. The molecule has 0 spiro atoms. The van der Waals surface area contributed by atoms with E-state index in [-0.39, 0.29) is 6.04 Å². The van der Waals surface area contributed by atoms with Crippen molar-refractivity contribution >= 4 is 6.08 Å². The third kappa shape index (κ3) is 4.68. The van der Waals surface area contributed by atoms with Gasteiger partial charge in [0.25, 0.3) is 0 Å². The van der Waals surface area contributed by atoms with Crippen LogP contribution in [0, 0.1) is 0 Å². The first kappa shape index (κ1) is 22.2. The van der Waals surface area contributed by atoms with E-state index < -0.39 is 0 Å². The summed E-state index contributed by atoms with van der Waals surface area (Å²) in [5.41, 5.74) is 4.50. The number of methoxy groups -OCH3 is 2. The molecule has 5 rings (SSSR count). The lowest BCUT2D eigenvalue weighted by Gasteiger charge is -2.26. The highest BCUT2D eigenvalue weighted by Gasteiger charge is 2.22. The lowest BCUT2D eigenvalue weighted by molar-refractivity contribution is 0.170. The van der Waals surface area contributed by atoms with Crippen LogP contribution < -0.4 is 29.0 Å². The molecule has 2 heterocycles. The van der Waals surface area contributed by atoms with Gasteiger partial charge in [0.15, 0.2) is 23.0 Å². The molecule has 0 radical (unpaired) electrons. The van der Waals surface area contributed by atoms with Crippen molar-refractivity contribution in [2.45, 2.75) is 19.1 Å². The Labute approximate surface area is 200 Å². The molecule has 3 aromatic carbocycles. The van der Waals surface area contributed by atoms with Crippen LogP contribution in [0.4, 0.5) is 0 Å². The van der Waals surface area contributed by atoms with Crippen molar-refractivity contribution in [1.82, 2.24) is 5.32 Å². The SMILES string of the molecule is COc1cc2c(cc1/C=C/C1NCCc3cc(OCc4ccccc4)c(OC)cc31)OCCO2. The third-order valence-corrected chi connectivity index (χ3v) is 6.12. The standard InChI is InChI=1S/C28H29NO5/c1-30-24-17-28-27(32-12-13-33-28)15-21(24)8-9-23-22-16-25(31-2)26(14-20(22)10-11-29-23)34-18-19-6-4-3-5-7-19/h3-9,14-17,23,29H,10-13,18H2,1-2H3/b9-8+. The van der Waals surface area contributed by atoms with Crippen LogP contribution in [0.15, 0.2) is 60.7 Å². The molecule has 0 fully saturated rings. The smallest absolute Gasteiger partial charge is 0.165 e. The zero-order valence-corrected chi connectivity index (χ0v) is 19.5. The molecule has 1 unspecified atom stereocenters. The second kappa shape index (κ2) is 10.1. The number of hydrogen-bond donors (Lipinski definition) is 1. The van der Waals surface area contributed by atoms with E-state index in [0.717, 1.165) is 47.1 Å². The lowest BCUT2D eigenvalue weighted by atomic mass is 9.93. The fourth-order valence-corrected chi connectivity index (χ4v) is 4.37. The molecule has 0 saturated heterocycles. The van der Waals surface area contributed by atoms with Crippen molar-refractivity contribution in [1.29, 1.82) is 0 Å². The second-order valence-corrected chi connectivity index (χ2v) is 8.25. The fraction of sp³-hybridized carbons (Fsp3) is 0.286. The molecule has 1 N–H and O–H groups in total. The molecule has 3 aromatic rings. The molecule has 0 aliphatic carbocycles. The Kier molecular flexibility index (Phi) is 6.58. The predicted octanol–water partition coefficient (Wildman–Crippen LogP) is 4.95. The van der Waals surface area contributed by atoms with Crippen LogP contribution in [0.2, 0.25) is 0 Å². The Hall–Kier alpha value is -3.64. The first-order valence-electron chi connectivity index (χ1n) is 11.5. The Morgan fingerprint density at radius 3 is 2.44 bits per heavy atom. The van der Waals surface area contributed by atoms with Crippen molar-refractivity contribution in [3.63, 3.8) is 0 Å². The summed E-state index contributed by atoms with van der Waals surface area (Å²) < 4.78 is 28.8. The molecule has 6 heteroatoms. The molecule has 1 atom stereocenters. The fourth-order valence-electron chi connectivity index (χ4n) is 4.37. The maximum atomic E-state index is 6.12. The first-order valence-corrected chi connectivity index (χ1v) is 11.5. The Morgan fingerprint density at radius 1 is 0.912 bits per heavy atom. The van der Waals surface area contributed by atoms with Gasteiger partial charge in [0.05, 0.1) is 20.3 Å². The van der Waals surface area contributed by atoms with Crippen LogP contribution in [0.25, 0.3) is 6.08 Å². The summed E-state index contributed by atoms with van der Waals surface area (Å²) in [4.78, 5) is 0. The number of benzene rings is 3. The van der Waals surface area contributed by atoms with E-state index in [2.05, 4.69) is 41.7 Å². The summed E-state index contributed by atoms with van der Waals surface area (Å²) in [6.07, 6.45) is 5.14. The Bertz CT molecular complexity index is 1180. The van der Waals surface area contributed by atoms with Crippen LogP contribution in [-0.4, -0.2) is 34.0 Å². The Morgan fingerprint density at radius 2 is 1.68 bits per heavy atom. The summed E-state index contributed by atoms with van der Waals surface area (Å²) in [7, 11) is 3.34. The van der Waals surface area contributed by atoms with Crippen LogP contribution in [0.5, 0.6) is 28.7 Å². The first-order chi connectivity index (χ1) is 16.7. The van der Waals surface area contributed by atoms with Gasteiger partial charge in [-0.05, 0) is 41.3 Å². The molecule has 0 aromatic heterocycles. The average molecular weight is 460 g/mol. The van der Waals surface area contributed by atoms with Crippen molar-refractivity contribution in [2.24, 2.45) is 0 Å². The molecule has 6 nitrogen and oxygen atoms in total. The van der Waals surface area contributed by atoms with Gasteiger partial charge in [0, 0.05) is 18.2 Å². The highest BCUT2D eigenvalue weighted by Crippen LogP contribution is 2.39. The van der Waals surface area contributed by atoms with Crippen molar-refractivity contribution < 1.29 is 23.7 Å². The van der Waals surface area contributed by atoms with Gasteiger partial charge in [-0.25, -0.2) is 0 Å². The van der Waals surface area contributed by atoms with Crippen LogP contribution in [-0.2, 0) is 13.0 Å². The molecule has 34 heavy (non-hydrogen) atoms. The third-order valence-electron chi connectivity index (χ3n) is 6.12. The van der Waals surface area contributed by atoms with Crippen LogP contribution in [0.3, 0.4) is 0 Å². The molecule has 0 saturated carbocycles. The molecular formula is C28H29NO5. The van der Waals surface area contributed by atoms with E-state index >= 15 is 0 Å². The maximum Gasteiger partial charge on any atom is 0.165 e. The van der Waals surface area contributed by atoms with Crippen molar-refractivity contribution in [3.05, 3.63) is 82.9 Å². The second-order valence-electron chi connectivity index (χ2n) is 8.25. The number of fused-ring (bicyclic) bond motifs is 2. The maximum absolute atomic E-state index is 6.12. The van der Waals surface area contributed by atoms with Gasteiger partial charge in [-0.2, -0.15) is 0 Å². The van der Waals surface area contributed by atoms with E-state index in [0.29, 0.717) is 25.6 Å². The average Bonchev–Trinajstić information content (AvgIpc) is 2.90. The highest BCUT2D eigenvalue weighted by molar-refractivity contribution is 5.64. The summed E-state index contributed by atoms with van der Waals surface area (Å²) in [5, 5.41) is 3.59. The van der Waals surface area contributed by atoms with E-state index in [1.54, 1.807) is 14.2 Å². The molecule has 2 aliphatic heterocycles. The predicted molar refractivity (Wildman–Crippen MR) is 131 cm³/mol. The normalized spacial score (nSPS) is 16.7. The van der Waals surface area contributed by atoms with Gasteiger partial charge in [0.1, 0.15) is 25.6 Å². The molecular weight excluding hydrogens is 430 g/mol. The van der Waals surface area contributed by atoms with Gasteiger partial charge >= 0.3 is 0 Å². The number of rotatable bonds is 7. The summed E-state index contributed by atoms with van der Waals surface area (Å²) >= 11 is 0. The number of nitrogens with one attached hydrogen (secondary N) is 1. The van der Waals surface area contributed by atoms with E-state index in [4.69, 9.17) is 23.7 Å². The molecule has 2 aliphatic rings. The summed E-state index contributed by atoms with van der Waals surface area (Å²) in [6.45, 7) is 2.48. The quantitative estimate of drug-likeness (QED) is 0.539. The van der Waals surface area contributed by atoms with Gasteiger partial charge in [-0.15, -0.1) is 0 Å². The van der Waals surface area contributed by atoms with E-state index in [9.17, 15) is 0 Å². The highest BCUT2D eigenvalue weighted by atomic mass is 16.6. The minimum absolute atomic E-state index is 0.0405. The van der Waals surface area contributed by atoms with Crippen LogP contribution in [0.1, 0.15) is 28.3 Å². The van der Waals surface area contributed by atoms with Gasteiger partial charge < -0.3 is 29.0 Å². The van der Waals surface area contributed by atoms with E-state index in [1.165, 1.54) is 11.1 Å². The number of hydrogen-bond acceptors (Lipinski definition) is 6. The van der Waals surface area contributed by atoms with Gasteiger partial charge in [-0.1, -0.05) is 42.5 Å². The van der Waals surface area contributed by atoms with Crippen molar-refractivity contribution in [3.8, 4) is 28.7 Å².